The normalized spacial score (nSPS) is 18.9. The molecule has 1 aromatic rings. The monoisotopic (exact) mass is 296 g/mol. The number of likely N-dealkylation sites (tertiary alicyclic amines) is 1. The molecule has 2 rings (SSSR count). The van der Waals surface area contributed by atoms with Gasteiger partial charge in [-0.15, -0.1) is 11.3 Å². The molecule has 1 aromatic heterocycles. The number of carbonyl (C=O) groups excluding carboxylic acids is 1. The Kier molecular flexibility index (Phi) is 5.00. The number of amides is 2. The average molecular weight is 296 g/mol. The number of piperidine rings is 1. The van der Waals surface area contributed by atoms with Crippen molar-refractivity contribution in [2.45, 2.75) is 19.3 Å². The van der Waals surface area contributed by atoms with Crippen molar-refractivity contribution in [3.05, 3.63) is 22.4 Å². The van der Waals surface area contributed by atoms with Crippen molar-refractivity contribution in [3.63, 3.8) is 0 Å². The van der Waals surface area contributed by atoms with Crippen LogP contribution in [0.3, 0.4) is 0 Å². The van der Waals surface area contributed by atoms with Crippen LogP contribution in [0.2, 0.25) is 0 Å². The van der Waals surface area contributed by atoms with E-state index >= 15 is 0 Å². The summed E-state index contributed by atoms with van der Waals surface area (Å²) in [6.45, 7) is 1.65. The lowest BCUT2D eigenvalue weighted by Crippen LogP contribution is -2.48. The molecule has 5 nitrogen and oxygen atoms in total. The molecular formula is C14H20N2O3S. The number of urea groups is 1. The Balaban J connectivity index is 1.84. The lowest BCUT2D eigenvalue weighted by molar-refractivity contribution is -0.143. The number of carboxylic acids is 1. The van der Waals surface area contributed by atoms with Crippen LogP contribution in [0.25, 0.3) is 0 Å². The van der Waals surface area contributed by atoms with Gasteiger partial charge in [0.15, 0.2) is 0 Å². The maximum atomic E-state index is 12.3. The van der Waals surface area contributed by atoms with Gasteiger partial charge in [-0.1, -0.05) is 6.07 Å². The van der Waals surface area contributed by atoms with Crippen molar-refractivity contribution in [2.75, 3.05) is 26.7 Å². The highest BCUT2D eigenvalue weighted by atomic mass is 32.1. The zero-order chi connectivity index (χ0) is 14.5. The molecule has 0 spiro atoms. The van der Waals surface area contributed by atoms with Crippen LogP contribution in [-0.4, -0.2) is 53.6 Å². The lowest BCUT2D eigenvalue weighted by Gasteiger charge is -2.33. The van der Waals surface area contributed by atoms with Gasteiger partial charge in [0.25, 0.3) is 0 Å². The van der Waals surface area contributed by atoms with Crippen LogP contribution in [0, 0.1) is 5.92 Å². The molecular weight excluding hydrogens is 276 g/mol. The summed E-state index contributed by atoms with van der Waals surface area (Å²) in [5.41, 5.74) is 0. The highest BCUT2D eigenvalue weighted by Gasteiger charge is 2.29. The Hall–Kier alpha value is -1.56. The molecule has 1 N–H and O–H groups in total. The fourth-order valence-corrected chi connectivity index (χ4v) is 3.12. The van der Waals surface area contributed by atoms with Gasteiger partial charge >= 0.3 is 12.0 Å². The Morgan fingerprint density at radius 3 is 3.00 bits per heavy atom. The maximum absolute atomic E-state index is 12.3. The third-order valence-corrected chi connectivity index (χ3v) is 4.58. The van der Waals surface area contributed by atoms with E-state index in [2.05, 4.69) is 6.07 Å². The molecule has 20 heavy (non-hydrogen) atoms. The SMILES string of the molecule is CN(CCc1cccs1)C(=O)N1CCC[C@H](C(=O)O)C1. The second kappa shape index (κ2) is 6.74. The molecule has 0 radical (unpaired) electrons. The number of hydrogen-bond acceptors (Lipinski definition) is 3. The number of aliphatic carboxylic acids is 1. The van der Waals surface area contributed by atoms with E-state index < -0.39 is 11.9 Å². The molecule has 1 aliphatic heterocycles. The van der Waals surface area contributed by atoms with E-state index in [9.17, 15) is 9.59 Å². The molecule has 1 saturated heterocycles. The molecule has 0 aliphatic carbocycles. The largest absolute Gasteiger partial charge is 0.481 e. The van der Waals surface area contributed by atoms with Gasteiger partial charge in [0.1, 0.15) is 0 Å². The van der Waals surface area contributed by atoms with Crippen LogP contribution in [0.5, 0.6) is 0 Å². The molecule has 2 amide bonds. The second-order valence-electron chi connectivity index (χ2n) is 5.16. The van der Waals surface area contributed by atoms with E-state index in [1.807, 2.05) is 11.4 Å². The number of thiophene rings is 1. The number of hydrogen-bond donors (Lipinski definition) is 1. The fourth-order valence-electron chi connectivity index (χ4n) is 2.42. The highest BCUT2D eigenvalue weighted by Crippen LogP contribution is 2.18. The Labute approximate surface area is 122 Å². The van der Waals surface area contributed by atoms with Gasteiger partial charge in [-0.25, -0.2) is 4.79 Å². The first-order valence-corrected chi connectivity index (χ1v) is 7.71. The molecule has 110 valence electrons. The van der Waals surface area contributed by atoms with Crippen molar-refractivity contribution in [1.29, 1.82) is 0 Å². The van der Waals surface area contributed by atoms with Crippen molar-refractivity contribution in [2.24, 2.45) is 5.92 Å². The quantitative estimate of drug-likeness (QED) is 0.926. The summed E-state index contributed by atoms with van der Waals surface area (Å²) < 4.78 is 0. The summed E-state index contributed by atoms with van der Waals surface area (Å²) in [6.07, 6.45) is 2.27. The average Bonchev–Trinajstić information content (AvgIpc) is 2.97. The molecule has 0 bridgehead atoms. The summed E-state index contributed by atoms with van der Waals surface area (Å²) in [5.74, 6) is -1.22. The predicted octanol–water partition coefficient (Wildman–Crippen LogP) is 2.14. The Morgan fingerprint density at radius 2 is 2.35 bits per heavy atom. The molecule has 1 atom stereocenters. The van der Waals surface area contributed by atoms with Crippen LogP contribution in [0.1, 0.15) is 17.7 Å². The fraction of sp³-hybridized carbons (Fsp3) is 0.571. The zero-order valence-electron chi connectivity index (χ0n) is 11.6. The molecule has 0 saturated carbocycles. The van der Waals surface area contributed by atoms with Gasteiger partial charge in [0.2, 0.25) is 0 Å². The maximum Gasteiger partial charge on any atom is 0.319 e. The van der Waals surface area contributed by atoms with Crippen LogP contribution in [0.4, 0.5) is 4.79 Å². The number of carboxylic acid groups (broad SMARTS) is 1. The molecule has 1 fully saturated rings. The minimum atomic E-state index is -0.802. The van der Waals surface area contributed by atoms with E-state index in [4.69, 9.17) is 5.11 Å². The van der Waals surface area contributed by atoms with Gasteiger partial charge in [-0.3, -0.25) is 4.79 Å². The molecule has 1 aliphatic rings. The van der Waals surface area contributed by atoms with Crippen LogP contribution in [-0.2, 0) is 11.2 Å². The van der Waals surface area contributed by atoms with E-state index in [1.54, 1.807) is 28.2 Å². The first-order chi connectivity index (χ1) is 9.58. The van der Waals surface area contributed by atoms with Crippen molar-refractivity contribution in [3.8, 4) is 0 Å². The molecule has 0 aromatic carbocycles. The Bertz CT molecular complexity index is 461. The van der Waals surface area contributed by atoms with E-state index in [0.717, 1.165) is 12.8 Å². The number of rotatable bonds is 4. The summed E-state index contributed by atoms with van der Waals surface area (Å²) in [4.78, 5) is 27.9. The minimum Gasteiger partial charge on any atom is -0.481 e. The smallest absolute Gasteiger partial charge is 0.319 e. The van der Waals surface area contributed by atoms with Crippen LogP contribution >= 0.6 is 11.3 Å². The molecule has 0 unspecified atom stereocenters. The van der Waals surface area contributed by atoms with Gasteiger partial charge in [0.05, 0.1) is 5.92 Å². The third-order valence-electron chi connectivity index (χ3n) is 3.64. The van der Waals surface area contributed by atoms with Crippen LogP contribution in [0.15, 0.2) is 17.5 Å². The topological polar surface area (TPSA) is 60.9 Å². The highest BCUT2D eigenvalue weighted by molar-refractivity contribution is 7.09. The number of nitrogens with zero attached hydrogens (tertiary/aromatic N) is 2. The van der Waals surface area contributed by atoms with Crippen molar-refractivity contribution in [1.82, 2.24) is 9.80 Å². The van der Waals surface area contributed by atoms with E-state index in [-0.39, 0.29) is 6.03 Å². The lowest BCUT2D eigenvalue weighted by atomic mass is 9.99. The number of carbonyl (C=O) groups is 2. The first kappa shape index (κ1) is 14.8. The minimum absolute atomic E-state index is 0.0625. The second-order valence-corrected chi connectivity index (χ2v) is 6.19. The van der Waals surface area contributed by atoms with Gasteiger partial charge in [-0.05, 0) is 30.7 Å². The standard InChI is InChI=1S/C14H20N2O3S/c1-15(8-6-12-5-3-9-20-12)14(19)16-7-2-4-11(10-16)13(17)18/h3,5,9,11H,2,4,6-8,10H2,1H3,(H,17,18)/t11-/m0/s1. The summed E-state index contributed by atoms with van der Waals surface area (Å²) in [5, 5.41) is 11.1. The van der Waals surface area contributed by atoms with E-state index in [0.29, 0.717) is 26.1 Å². The van der Waals surface area contributed by atoms with Crippen molar-refractivity contribution < 1.29 is 14.7 Å². The molecule has 2 heterocycles. The first-order valence-electron chi connectivity index (χ1n) is 6.83. The summed E-state index contributed by atoms with van der Waals surface area (Å²) in [6, 6.07) is 4.00. The summed E-state index contributed by atoms with van der Waals surface area (Å²) in [7, 11) is 1.78. The van der Waals surface area contributed by atoms with Crippen LogP contribution < -0.4 is 0 Å². The van der Waals surface area contributed by atoms with E-state index in [1.165, 1.54) is 4.88 Å². The number of likely N-dealkylation sites (N-methyl/N-ethyl adjacent to an activating group) is 1. The third kappa shape index (κ3) is 3.72. The molecule has 6 heteroatoms. The van der Waals surface area contributed by atoms with Gasteiger partial charge in [0, 0.05) is 31.6 Å². The van der Waals surface area contributed by atoms with Gasteiger partial charge < -0.3 is 14.9 Å². The zero-order valence-corrected chi connectivity index (χ0v) is 12.4. The Morgan fingerprint density at radius 1 is 1.55 bits per heavy atom. The summed E-state index contributed by atoms with van der Waals surface area (Å²) >= 11 is 1.69. The predicted molar refractivity (Wildman–Crippen MR) is 78.0 cm³/mol. The van der Waals surface area contributed by atoms with Gasteiger partial charge in [-0.2, -0.15) is 0 Å². The van der Waals surface area contributed by atoms with Crippen molar-refractivity contribution >= 4 is 23.3 Å².